The van der Waals surface area contributed by atoms with Crippen LogP contribution in [-0.4, -0.2) is 52.3 Å². The maximum absolute atomic E-state index is 12.5. The number of halogens is 1. The van der Waals surface area contributed by atoms with Gasteiger partial charge < -0.3 is 15.2 Å². The van der Waals surface area contributed by atoms with Gasteiger partial charge in [0.05, 0.1) is 34.1 Å². The molecule has 34 heavy (non-hydrogen) atoms. The molecule has 0 radical (unpaired) electrons. The summed E-state index contributed by atoms with van der Waals surface area (Å²) in [6.07, 6.45) is 8.10. The van der Waals surface area contributed by atoms with E-state index in [9.17, 15) is 4.79 Å². The normalized spacial score (nSPS) is 18.2. The highest BCUT2D eigenvalue weighted by atomic mass is 35.5. The van der Waals surface area contributed by atoms with Crippen molar-refractivity contribution in [2.24, 2.45) is 5.92 Å². The number of imidazole rings is 1. The zero-order valence-electron chi connectivity index (χ0n) is 20.0. The molecule has 0 amide bonds. The van der Waals surface area contributed by atoms with Crippen LogP contribution in [0.3, 0.4) is 0 Å². The van der Waals surface area contributed by atoms with Crippen molar-refractivity contribution >= 4 is 45.8 Å². The number of carbonyl (C=O) groups is 1. The van der Waals surface area contributed by atoms with E-state index in [1.54, 1.807) is 19.4 Å². The average Bonchev–Trinajstić information content (AvgIpc) is 3.27. The third-order valence-electron chi connectivity index (χ3n) is 6.82. The molecule has 0 aliphatic heterocycles. The molecule has 7 heteroatoms. The van der Waals surface area contributed by atoms with Crippen LogP contribution in [0.15, 0.2) is 48.9 Å². The Hall–Kier alpha value is -2.96. The van der Waals surface area contributed by atoms with Crippen LogP contribution < -0.4 is 5.32 Å². The first-order valence-corrected chi connectivity index (χ1v) is 11.8. The predicted molar refractivity (Wildman–Crippen MR) is 142 cm³/mol. The van der Waals surface area contributed by atoms with Gasteiger partial charge in [0.15, 0.2) is 5.78 Å². The van der Waals surface area contributed by atoms with Gasteiger partial charge in [-0.25, -0.2) is 4.98 Å². The Morgan fingerprint density at radius 2 is 1.74 bits per heavy atom. The molecule has 1 aliphatic rings. The lowest BCUT2D eigenvalue weighted by atomic mass is 9.85. The highest BCUT2D eigenvalue weighted by Gasteiger charge is 2.23. The summed E-state index contributed by atoms with van der Waals surface area (Å²) in [6, 6.07) is 12.9. The molecular formula is C27H32ClN5O. The predicted octanol–water partition coefficient (Wildman–Crippen LogP) is 5.93. The number of rotatable bonds is 6. The van der Waals surface area contributed by atoms with Crippen molar-refractivity contribution in [2.75, 3.05) is 26.0 Å². The van der Waals surface area contributed by atoms with Gasteiger partial charge in [-0.05, 0) is 88.0 Å². The molecular weight excluding hydrogens is 446 g/mol. The first kappa shape index (κ1) is 24.2. The molecule has 2 N–H and O–H groups in total. The Morgan fingerprint density at radius 3 is 2.44 bits per heavy atom. The van der Waals surface area contributed by atoms with E-state index in [2.05, 4.69) is 63.5 Å². The van der Waals surface area contributed by atoms with Gasteiger partial charge in [-0.15, -0.1) is 12.4 Å². The van der Waals surface area contributed by atoms with Crippen molar-refractivity contribution < 1.29 is 4.79 Å². The van der Waals surface area contributed by atoms with Crippen LogP contribution in [0.1, 0.15) is 43.0 Å². The number of Topliss-reactive ketones (excluding diaryl/α,β-unsaturated/α-hetero) is 1. The molecule has 2 heterocycles. The fraction of sp³-hybridized carbons (Fsp3) is 0.370. The van der Waals surface area contributed by atoms with E-state index >= 15 is 0 Å². The first-order chi connectivity index (χ1) is 16.0. The van der Waals surface area contributed by atoms with Gasteiger partial charge in [-0.2, -0.15) is 0 Å². The number of hydrogen-bond acceptors (Lipinski definition) is 5. The fourth-order valence-corrected chi connectivity index (χ4v) is 5.12. The van der Waals surface area contributed by atoms with Gasteiger partial charge >= 0.3 is 0 Å². The first-order valence-electron chi connectivity index (χ1n) is 11.8. The summed E-state index contributed by atoms with van der Waals surface area (Å²) < 4.78 is 0. The largest absolute Gasteiger partial charge is 0.381 e. The molecule has 5 rings (SSSR count). The number of anilines is 1. The van der Waals surface area contributed by atoms with E-state index in [1.807, 2.05) is 12.1 Å². The van der Waals surface area contributed by atoms with Gasteiger partial charge in [0, 0.05) is 24.2 Å². The van der Waals surface area contributed by atoms with Crippen LogP contribution in [0, 0.1) is 5.92 Å². The molecule has 0 unspecified atom stereocenters. The fourth-order valence-electron chi connectivity index (χ4n) is 5.12. The van der Waals surface area contributed by atoms with Crippen LogP contribution in [-0.2, 0) is 0 Å². The molecule has 1 aliphatic carbocycles. The van der Waals surface area contributed by atoms with Crippen molar-refractivity contribution in [1.82, 2.24) is 19.9 Å². The summed E-state index contributed by atoms with van der Waals surface area (Å²) >= 11 is 0. The molecule has 1 saturated carbocycles. The zero-order valence-corrected chi connectivity index (χ0v) is 20.8. The zero-order chi connectivity index (χ0) is 22.9. The lowest BCUT2D eigenvalue weighted by Gasteiger charge is -2.32. The van der Waals surface area contributed by atoms with Crippen LogP contribution in [0.5, 0.6) is 0 Å². The van der Waals surface area contributed by atoms with E-state index in [4.69, 9.17) is 0 Å². The molecule has 178 valence electrons. The third kappa shape index (κ3) is 4.93. The number of H-pyrrole nitrogens is 1. The number of hydrogen-bond donors (Lipinski definition) is 2. The number of ketones is 1. The topological polar surface area (TPSA) is 73.9 Å². The smallest absolute Gasteiger partial charge is 0.163 e. The molecule has 6 nitrogen and oxygen atoms in total. The Balaban J connectivity index is 0.00000274. The quantitative estimate of drug-likeness (QED) is 0.336. The summed E-state index contributed by atoms with van der Waals surface area (Å²) in [5.74, 6) is 0.793. The van der Waals surface area contributed by atoms with Crippen LogP contribution in [0.4, 0.5) is 5.69 Å². The number of fused-ring (bicyclic) bond motifs is 2. The minimum Gasteiger partial charge on any atom is -0.381 e. The Kier molecular flexibility index (Phi) is 7.19. The van der Waals surface area contributed by atoms with Crippen molar-refractivity contribution in [3.63, 3.8) is 0 Å². The Bertz CT molecular complexity index is 1310. The Morgan fingerprint density at radius 1 is 1.03 bits per heavy atom. The van der Waals surface area contributed by atoms with Crippen LogP contribution >= 0.6 is 12.4 Å². The minimum atomic E-state index is 0. The molecule has 0 bridgehead atoms. The van der Waals surface area contributed by atoms with E-state index in [0.29, 0.717) is 11.6 Å². The average molecular weight is 478 g/mol. The SMILES string of the molecule is CC(=O)c1cnc2ccc(-c3ccc4nc[nH]c4c3)cc2c1N[C@H]1CC[C@H](CN(C)C)CC1.Cl. The summed E-state index contributed by atoms with van der Waals surface area (Å²) in [6.45, 7) is 2.77. The number of benzene rings is 2. The monoisotopic (exact) mass is 477 g/mol. The third-order valence-corrected chi connectivity index (χ3v) is 6.82. The van der Waals surface area contributed by atoms with E-state index < -0.39 is 0 Å². The van der Waals surface area contributed by atoms with Gasteiger partial charge in [-0.3, -0.25) is 9.78 Å². The molecule has 1 fully saturated rings. The van der Waals surface area contributed by atoms with Gasteiger partial charge in [0.25, 0.3) is 0 Å². The van der Waals surface area contributed by atoms with E-state index in [-0.39, 0.29) is 18.2 Å². The van der Waals surface area contributed by atoms with Crippen molar-refractivity contribution in [3.8, 4) is 11.1 Å². The summed E-state index contributed by atoms with van der Waals surface area (Å²) in [7, 11) is 4.29. The maximum atomic E-state index is 12.5. The van der Waals surface area contributed by atoms with E-state index in [0.717, 1.165) is 64.1 Å². The molecule has 2 aromatic carbocycles. The number of aromatic amines is 1. The highest BCUT2D eigenvalue weighted by Crippen LogP contribution is 2.34. The molecule has 4 aromatic rings. The summed E-state index contributed by atoms with van der Waals surface area (Å²) in [4.78, 5) is 26.9. The summed E-state index contributed by atoms with van der Waals surface area (Å²) in [5.41, 5.74) is 6.65. The Labute approximate surface area is 206 Å². The van der Waals surface area contributed by atoms with Crippen molar-refractivity contribution in [1.29, 1.82) is 0 Å². The maximum Gasteiger partial charge on any atom is 0.163 e. The molecule has 0 spiro atoms. The number of aromatic nitrogens is 3. The van der Waals surface area contributed by atoms with Crippen molar-refractivity contribution in [2.45, 2.75) is 38.6 Å². The number of pyridine rings is 1. The second-order valence-corrected chi connectivity index (χ2v) is 9.59. The lowest BCUT2D eigenvalue weighted by Crippen LogP contribution is -2.31. The van der Waals surface area contributed by atoms with Gasteiger partial charge in [0.2, 0.25) is 0 Å². The summed E-state index contributed by atoms with van der Waals surface area (Å²) in [5, 5.41) is 4.76. The molecule has 0 saturated heterocycles. The minimum absolute atomic E-state index is 0. The van der Waals surface area contributed by atoms with E-state index in [1.165, 1.54) is 12.8 Å². The standard InChI is InChI=1S/C27H31N5O.ClH/c1-17(33)23-14-28-24-10-6-19(20-7-11-25-26(13-20)30-16-29-25)12-22(24)27(23)31-21-8-4-18(5-9-21)15-32(2)3;/h6-7,10-14,16,18,21H,4-5,8-9,15H2,1-3H3,(H,28,31)(H,29,30);1H/t18-,21-;. The number of nitrogens with zero attached hydrogens (tertiary/aromatic N) is 3. The molecule has 2 aromatic heterocycles. The van der Waals surface area contributed by atoms with Gasteiger partial charge in [-0.1, -0.05) is 12.1 Å². The van der Waals surface area contributed by atoms with Gasteiger partial charge in [0.1, 0.15) is 0 Å². The lowest BCUT2D eigenvalue weighted by molar-refractivity contribution is 0.101. The molecule has 0 atom stereocenters. The number of carbonyl (C=O) groups excluding carboxylic acids is 1. The van der Waals surface area contributed by atoms with Crippen molar-refractivity contribution in [3.05, 3.63) is 54.5 Å². The second kappa shape index (κ2) is 10.1. The second-order valence-electron chi connectivity index (χ2n) is 9.59. The van der Waals surface area contributed by atoms with Crippen LogP contribution in [0.2, 0.25) is 0 Å². The highest BCUT2D eigenvalue weighted by molar-refractivity contribution is 6.08. The van der Waals surface area contributed by atoms with Crippen LogP contribution in [0.25, 0.3) is 33.1 Å². The number of nitrogens with one attached hydrogen (secondary N) is 2.